The molecule has 2 N–H and O–H groups in total. The van der Waals surface area contributed by atoms with Gasteiger partial charge in [-0.25, -0.2) is 4.98 Å². The molecule has 0 amide bonds. The van der Waals surface area contributed by atoms with Crippen LogP contribution in [0.4, 0.5) is 11.5 Å². The molecule has 3 nitrogen and oxygen atoms in total. The Morgan fingerprint density at radius 1 is 1.44 bits per heavy atom. The minimum Gasteiger partial charge on any atom is -0.353 e. The fraction of sp³-hybridized carbons (Fsp3) is 0. The number of nitrogens with zero attached hydrogens (tertiary/aromatic N) is 1. The average Bonchev–Trinajstić information content (AvgIpc) is 2.33. The topological polar surface area (TPSA) is 37.0 Å². The number of nitrogens with one attached hydrogen (secondary N) is 2. The summed E-state index contributed by atoms with van der Waals surface area (Å²) in [5.74, 6) is 0.845. The molecule has 0 aromatic carbocycles. The lowest BCUT2D eigenvalue weighted by atomic mass is 10.4. The summed E-state index contributed by atoms with van der Waals surface area (Å²) in [6.07, 6.45) is 1.74. The van der Waals surface area contributed by atoms with E-state index >= 15 is 0 Å². The smallest absolute Gasteiger partial charge is 0.204 e. The minimum atomic E-state index is 0.845. The first-order valence-corrected chi connectivity index (χ1v) is 2.69. The van der Waals surface area contributed by atoms with Crippen LogP contribution in [0.5, 0.6) is 0 Å². The monoisotopic (exact) mass is 119 g/mol. The molecule has 2 radical (unpaired) electrons. The fourth-order valence-corrected chi connectivity index (χ4v) is 0.764. The normalized spacial score (nSPS) is 13.8. The number of rotatable bonds is 0. The molecule has 0 saturated carbocycles. The van der Waals surface area contributed by atoms with Gasteiger partial charge in [0.25, 0.3) is 0 Å². The van der Waals surface area contributed by atoms with Gasteiger partial charge in [0.1, 0.15) is 0 Å². The lowest BCUT2D eigenvalue weighted by Crippen LogP contribution is -1.90. The maximum Gasteiger partial charge on any atom is 0.204 e. The van der Waals surface area contributed by atoms with Gasteiger partial charge >= 0.3 is 0 Å². The third kappa shape index (κ3) is 0.614. The second-order valence-corrected chi connectivity index (χ2v) is 1.77. The van der Waals surface area contributed by atoms with Crippen molar-refractivity contribution in [3.63, 3.8) is 0 Å². The third-order valence-electron chi connectivity index (χ3n) is 1.19. The summed E-state index contributed by atoms with van der Waals surface area (Å²) in [5, 5.41) is 5.70. The highest BCUT2D eigenvalue weighted by Crippen LogP contribution is 2.22. The molecule has 0 aliphatic carbocycles. The molecular formula is C6H5N3. The van der Waals surface area contributed by atoms with Gasteiger partial charge in [-0.2, -0.15) is 0 Å². The van der Waals surface area contributed by atoms with Crippen molar-refractivity contribution >= 4 is 11.5 Å². The summed E-state index contributed by atoms with van der Waals surface area (Å²) in [5.41, 5.74) is 0.984. The Balaban J connectivity index is 2.54. The van der Waals surface area contributed by atoms with E-state index in [2.05, 4.69) is 22.3 Å². The molecule has 0 atom stereocenters. The van der Waals surface area contributed by atoms with Gasteiger partial charge in [-0.1, -0.05) is 0 Å². The van der Waals surface area contributed by atoms with Gasteiger partial charge in [-0.15, -0.1) is 0 Å². The number of fused-ring (bicyclic) bond motifs is 1. The van der Waals surface area contributed by atoms with Crippen LogP contribution < -0.4 is 10.6 Å². The summed E-state index contributed by atoms with van der Waals surface area (Å²) in [4.78, 5) is 4.02. The average molecular weight is 119 g/mol. The highest BCUT2D eigenvalue weighted by atomic mass is 15.2. The highest BCUT2D eigenvalue weighted by Gasteiger charge is 2.08. The molecule has 0 unspecified atom stereocenters. The zero-order valence-electron chi connectivity index (χ0n) is 4.68. The van der Waals surface area contributed by atoms with Gasteiger partial charge in [-0.05, 0) is 12.1 Å². The molecule has 0 fully saturated rings. The van der Waals surface area contributed by atoms with E-state index in [9.17, 15) is 0 Å². The molecule has 0 spiro atoms. The lowest BCUT2D eigenvalue weighted by molar-refractivity contribution is 1.33. The zero-order valence-corrected chi connectivity index (χ0v) is 4.68. The van der Waals surface area contributed by atoms with E-state index in [1.165, 1.54) is 0 Å². The summed E-state index contributed by atoms with van der Waals surface area (Å²) in [7, 11) is 0. The Morgan fingerprint density at radius 2 is 2.44 bits per heavy atom. The van der Waals surface area contributed by atoms with Gasteiger partial charge in [0.05, 0.1) is 5.69 Å². The first kappa shape index (κ1) is 4.61. The van der Waals surface area contributed by atoms with Crippen molar-refractivity contribution in [2.24, 2.45) is 0 Å². The van der Waals surface area contributed by atoms with Crippen molar-refractivity contribution < 1.29 is 0 Å². The van der Waals surface area contributed by atoms with Crippen molar-refractivity contribution in [1.82, 2.24) is 4.98 Å². The van der Waals surface area contributed by atoms with Crippen molar-refractivity contribution in [3.05, 3.63) is 25.0 Å². The van der Waals surface area contributed by atoms with E-state index in [4.69, 9.17) is 0 Å². The predicted molar refractivity (Wildman–Crippen MR) is 34.7 cm³/mol. The minimum absolute atomic E-state index is 0.845. The van der Waals surface area contributed by atoms with Crippen LogP contribution in [0.25, 0.3) is 0 Å². The van der Waals surface area contributed by atoms with Crippen molar-refractivity contribution in [2.45, 2.75) is 0 Å². The Bertz CT molecular complexity index is 198. The number of pyridine rings is 1. The van der Waals surface area contributed by atoms with Crippen LogP contribution in [-0.4, -0.2) is 4.98 Å². The second-order valence-electron chi connectivity index (χ2n) is 1.77. The Kier molecular flexibility index (Phi) is 0.828. The molecule has 1 aromatic rings. The molecule has 1 aliphatic rings. The predicted octanol–water partition coefficient (Wildman–Crippen LogP) is 0.915. The van der Waals surface area contributed by atoms with Crippen LogP contribution in [0.1, 0.15) is 0 Å². The molecule has 1 aromatic heterocycles. The molecule has 2 heterocycles. The van der Waals surface area contributed by atoms with Gasteiger partial charge in [-0.3, -0.25) is 0 Å². The van der Waals surface area contributed by atoms with Crippen LogP contribution in [0.3, 0.4) is 0 Å². The van der Waals surface area contributed by atoms with E-state index in [-0.39, 0.29) is 0 Å². The molecule has 0 saturated heterocycles. The van der Waals surface area contributed by atoms with E-state index in [0.29, 0.717) is 0 Å². The molecular weight excluding hydrogens is 114 g/mol. The Hall–Kier alpha value is -1.25. The van der Waals surface area contributed by atoms with Gasteiger partial charge in [0, 0.05) is 6.20 Å². The SMILES string of the molecule is [C]1Nc2cccnc2N1. The van der Waals surface area contributed by atoms with E-state index in [0.717, 1.165) is 11.5 Å². The molecule has 1 aliphatic heterocycles. The van der Waals surface area contributed by atoms with Crippen LogP contribution in [-0.2, 0) is 0 Å². The number of hydrogen-bond donors (Lipinski definition) is 2. The highest BCUT2D eigenvalue weighted by molar-refractivity contribution is 5.70. The van der Waals surface area contributed by atoms with Crippen LogP contribution in [0.2, 0.25) is 0 Å². The molecule has 2 rings (SSSR count). The van der Waals surface area contributed by atoms with Crippen LogP contribution in [0.15, 0.2) is 18.3 Å². The Morgan fingerprint density at radius 3 is 3.33 bits per heavy atom. The lowest BCUT2D eigenvalue weighted by Gasteiger charge is -1.91. The molecule has 9 heavy (non-hydrogen) atoms. The third-order valence-corrected chi connectivity index (χ3v) is 1.19. The van der Waals surface area contributed by atoms with Gasteiger partial charge < -0.3 is 10.6 Å². The largest absolute Gasteiger partial charge is 0.353 e. The summed E-state index contributed by atoms with van der Waals surface area (Å²) >= 11 is 0. The molecule has 0 bridgehead atoms. The quantitative estimate of drug-likeness (QED) is 0.533. The first-order valence-electron chi connectivity index (χ1n) is 2.69. The van der Waals surface area contributed by atoms with E-state index in [1.807, 2.05) is 12.1 Å². The number of anilines is 2. The van der Waals surface area contributed by atoms with Crippen molar-refractivity contribution in [1.29, 1.82) is 0 Å². The first-order chi connectivity index (χ1) is 4.47. The Labute approximate surface area is 53.1 Å². The van der Waals surface area contributed by atoms with Crippen LogP contribution >= 0.6 is 0 Å². The molecule has 44 valence electrons. The number of aromatic nitrogens is 1. The van der Waals surface area contributed by atoms with Gasteiger partial charge in [0.2, 0.25) is 6.67 Å². The van der Waals surface area contributed by atoms with Crippen molar-refractivity contribution in [2.75, 3.05) is 10.6 Å². The van der Waals surface area contributed by atoms with E-state index in [1.54, 1.807) is 6.20 Å². The van der Waals surface area contributed by atoms with Gasteiger partial charge in [0.15, 0.2) is 5.82 Å². The van der Waals surface area contributed by atoms with E-state index < -0.39 is 0 Å². The fourth-order valence-electron chi connectivity index (χ4n) is 0.764. The standard InChI is InChI=1S/C6H5N3/c1-2-5-6(7-3-1)9-4-8-5/h1-3,8H,(H,7,9). The maximum atomic E-state index is 4.02. The number of hydrogen-bond acceptors (Lipinski definition) is 3. The molecule has 3 heteroatoms. The maximum absolute atomic E-state index is 4.02. The van der Waals surface area contributed by atoms with Crippen LogP contribution in [0, 0.1) is 6.67 Å². The zero-order chi connectivity index (χ0) is 6.10. The summed E-state index contributed by atoms with van der Waals surface area (Å²) in [6, 6.07) is 3.82. The summed E-state index contributed by atoms with van der Waals surface area (Å²) in [6.45, 7) is 2.73. The summed E-state index contributed by atoms with van der Waals surface area (Å²) < 4.78 is 0. The second kappa shape index (κ2) is 1.62. The van der Waals surface area contributed by atoms with Crippen molar-refractivity contribution in [3.8, 4) is 0 Å².